The molecule has 1 aliphatic carbocycles. The maximum Gasteiger partial charge on any atom is 0.0589 e. The first-order chi connectivity index (χ1) is 9.24. The second-order valence-electron chi connectivity index (χ2n) is 5.27. The van der Waals surface area contributed by atoms with E-state index in [9.17, 15) is 0 Å². The van der Waals surface area contributed by atoms with Gasteiger partial charge in [-0.1, -0.05) is 6.92 Å². The van der Waals surface area contributed by atoms with Crippen LogP contribution in [-0.2, 0) is 17.8 Å². The maximum absolute atomic E-state index is 5.23. The van der Waals surface area contributed by atoms with Gasteiger partial charge in [0, 0.05) is 42.5 Å². The van der Waals surface area contributed by atoms with E-state index in [1.807, 2.05) is 11.3 Å². The van der Waals surface area contributed by atoms with Crippen LogP contribution in [0.3, 0.4) is 0 Å². The van der Waals surface area contributed by atoms with E-state index < -0.39 is 0 Å². The lowest BCUT2D eigenvalue weighted by Crippen LogP contribution is -2.29. The lowest BCUT2D eigenvalue weighted by Gasteiger charge is -2.21. The zero-order chi connectivity index (χ0) is 13.7. The summed E-state index contributed by atoms with van der Waals surface area (Å²) in [5, 5.41) is 3.40. The van der Waals surface area contributed by atoms with Crippen LogP contribution < -0.4 is 5.32 Å². The summed E-state index contributed by atoms with van der Waals surface area (Å²) in [5.74, 6) is 0. The molecule has 1 aliphatic rings. The van der Waals surface area contributed by atoms with Crippen molar-refractivity contribution in [2.24, 2.45) is 0 Å². The molecule has 0 unspecified atom stereocenters. The fraction of sp³-hybridized carbons (Fsp3) is 0.733. The molecule has 0 aliphatic heterocycles. The SMILES string of the molecule is CCNCc1cc(CN(CCOC)C2CC2)c(C)s1. The Kier molecular flexibility index (Phi) is 5.82. The summed E-state index contributed by atoms with van der Waals surface area (Å²) < 4.78 is 5.23. The molecule has 0 aromatic carbocycles. The fourth-order valence-corrected chi connectivity index (χ4v) is 3.36. The Labute approximate surface area is 121 Å². The number of rotatable bonds is 9. The first-order valence-electron chi connectivity index (χ1n) is 7.26. The summed E-state index contributed by atoms with van der Waals surface area (Å²) in [4.78, 5) is 5.50. The molecule has 0 saturated heterocycles. The lowest BCUT2D eigenvalue weighted by molar-refractivity contribution is 0.139. The smallest absolute Gasteiger partial charge is 0.0589 e. The molecule has 1 N–H and O–H groups in total. The van der Waals surface area contributed by atoms with Crippen LogP contribution in [0.2, 0.25) is 0 Å². The quantitative estimate of drug-likeness (QED) is 0.754. The minimum absolute atomic E-state index is 0.798. The van der Waals surface area contributed by atoms with Crippen LogP contribution in [0.25, 0.3) is 0 Å². The van der Waals surface area contributed by atoms with Crippen molar-refractivity contribution < 1.29 is 4.74 Å². The van der Waals surface area contributed by atoms with Gasteiger partial charge in [-0.3, -0.25) is 4.90 Å². The second-order valence-corrected chi connectivity index (χ2v) is 6.61. The predicted molar refractivity (Wildman–Crippen MR) is 81.7 cm³/mol. The third-order valence-corrected chi connectivity index (χ3v) is 4.73. The molecule has 3 nitrogen and oxygen atoms in total. The molecule has 1 aromatic heterocycles. The second kappa shape index (κ2) is 7.39. The van der Waals surface area contributed by atoms with Crippen LogP contribution in [0.4, 0.5) is 0 Å². The third kappa shape index (κ3) is 4.56. The molecular formula is C15H26N2OS. The van der Waals surface area contributed by atoms with Gasteiger partial charge in [0.05, 0.1) is 6.61 Å². The van der Waals surface area contributed by atoms with Crippen LogP contribution in [0.5, 0.6) is 0 Å². The van der Waals surface area contributed by atoms with Gasteiger partial charge in [0.2, 0.25) is 0 Å². The highest BCUT2D eigenvalue weighted by molar-refractivity contribution is 7.12. The van der Waals surface area contributed by atoms with E-state index in [1.165, 1.54) is 28.2 Å². The van der Waals surface area contributed by atoms with Gasteiger partial charge in [-0.25, -0.2) is 0 Å². The van der Waals surface area contributed by atoms with Crippen molar-refractivity contribution in [2.75, 3.05) is 26.8 Å². The number of thiophene rings is 1. The number of aryl methyl sites for hydroxylation is 1. The zero-order valence-electron chi connectivity index (χ0n) is 12.4. The molecule has 108 valence electrons. The number of hydrogen-bond acceptors (Lipinski definition) is 4. The van der Waals surface area contributed by atoms with Crippen LogP contribution in [0.15, 0.2) is 6.07 Å². The van der Waals surface area contributed by atoms with E-state index in [4.69, 9.17) is 4.74 Å². The van der Waals surface area contributed by atoms with Crippen molar-refractivity contribution in [3.8, 4) is 0 Å². The average Bonchev–Trinajstić information content (AvgIpc) is 3.18. The van der Waals surface area contributed by atoms with Crippen molar-refractivity contribution >= 4 is 11.3 Å². The monoisotopic (exact) mass is 282 g/mol. The van der Waals surface area contributed by atoms with Gasteiger partial charge in [-0.2, -0.15) is 0 Å². The van der Waals surface area contributed by atoms with E-state index >= 15 is 0 Å². The third-order valence-electron chi connectivity index (χ3n) is 3.64. The summed E-state index contributed by atoms with van der Waals surface area (Å²) in [6, 6.07) is 3.18. The van der Waals surface area contributed by atoms with Crippen molar-refractivity contribution in [3.05, 3.63) is 21.4 Å². The molecule has 2 rings (SSSR count). The minimum Gasteiger partial charge on any atom is -0.383 e. The Balaban J connectivity index is 1.93. The molecule has 0 radical (unpaired) electrons. The minimum atomic E-state index is 0.798. The van der Waals surface area contributed by atoms with Crippen LogP contribution >= 0.6 is 11.3 Å². The number of nitrogens with zero attached hydrogens (tertiary/aromatic N) is 1. The van der Waals surface area contributed by atoms with Crippen molar-refractivity contribution in [1.29, 1.82) is 0 Å². The standard InChI is InChI=1S/C15H26N2OS/c1-4-16-10-15-9-13(12(2)19-15)11-17(7-8-18-3)14-5-6-14/h9,14,16H,4-8,10-11H2,1-3H3. The molecule has 1 aromatic rings. The summed E-state index contributed by atoms with van der Waals surface area (Å²) in [6.45, 7) is 9.42. The van der Waals surface area contributed by atoms with Crippen LogP contribution in [-0.4, -0.2) is 37.7 Å². The largest absolute Gasteiger partial charge is 0.383 e. The zero-order valence-corrected chi connectivity index (χ0v) is 13.2. The summed E-state index contributed by atoms with van der Waals surface area (Å²) in [7, 11) is 1.79. The van der Waals surface area contributed by atoms with Crippen molar-refractivity contribution in [3.63, 3.8) is 0 Å². The normalized spacial score (nSPS) is 15.4. The van der Waals surface area contributed by atoms with Crippen LogP contribution in [0, 0.1) is 6.92 Å². The predicted octanol–water partition coefficient (Wildman–Crippen LogP) is 2.78. The van der Waals surface area contributed by atoms with E-state index in [2.05, 4.69) is 30.1 Å². The highest BCUT2D eigenvalue weighted by atomic mass is 32.1. The fourth-order valence-electron chi connectivity index (χ4n) is 2.34. The number of methoxy groups -OCH3 is 1. The lowest BCUT2D eigenvalue weighted by atomic mass is 10.2. The number of hydrogen-bond donors (Lipinski definition) is 1. The van der Waals surface area contributed by atoms with Crippen LogP contribution in [0.1, 0.15) is 35.1 Å². The van der Waals surface area contributed by atoms with E-state index in [1.54, 1.807) is 7.11 Å². The van der Waals surface area contributed by atoms with Crippen molar-refractivity contribution in [1.82, 2.24) is 10.2 Å². The van der Waals surface area contributed by atoms with E-state index in [0.29, 0.717) is 0 Å². The molecule has 19 heavy (non-hydrogen) atoms. The number of ether oxygens (including phenoxy) is 1. The highest BCUT2D eigenvalue weighted by Gasteiger charge is 2.29. The summed E-state index contributed by atoms with van der Waals surface area (Å²) in [5.41, 5.74) is 1.50. The van der Waals surface area contributed by atoms with Gasteiger partial charge >= 0.3 is 0 Å². The van der Waals surface area contributed by atoms with E-state index in [0.717, 1.165) is 38.8 Å². The molecule has 1 fully saturated rings. The first-order valence-corrected chi connectivity index (χ1v) is 8.08. The molecule has 1 saturated carbocycles. The van der Waals surface area contributed by atoms with Gasteiger partial charge in [-0.05, 0) is 37.9 Å². The van der Waals surface area contributed by atoms with Gasteiger partial charge in [-0.15, -0.1) is 11.3 Å². The number of nitrogens with one attached hydrogen (secondary N) is 1. The molecule has 0 spiro atoms. The Morgan fingerprint density at radius 3 is 2.89 bits per heavy atom. The summed E-state index contributed by atoms with van der Waals surface area (Å²) >= 11 is 1.93. The van der Waals surface area contributed by atoms with Gasteiger partial charge in [0.1, 0.15) is 0 Å². The first kappa shape index (κ1) is 15.0. The Hall–Kier alpha value is -0.420. The Bertz CT molecular complexity index is 387. The molecule has 0 amide bonds. The van der Waals surface area contributed by atoms with Crippen molar-refractivity contribution in [2.45, 2.75) is 45.8 Å². The maximum atomic E-state index is 5.23. The average molecular weight is 282 g/mol. The van der Waals surface area contributed by atoms with Gasteiger partial charge < -0.3 is 10.1 Å². The molecule has 1 heterocycles. The molecular weight excluding hydrogens is 256 g/mol. The molecule has 0 bridgehead atoms. The topological polar surface area (TPSA) is 24.5 Å². The van der Waals surface area contributed by atoms with Gasteiger partial charge in [0.25, 0.3) is 0 Å². The highest BCUT2D eigenvalue weighted by Crippen LogP contribution is 2.30. The van der Waals surface area contributed by atoms with Gasteiger partial charge in [0.15, 0.2) is 0 Å². The Morgan fingerprint density at radius 2 is 2.26 bits per heavy atom. The summed E-state index contributed by atoms with van der Waals surface area (Å²) in [6.07, 6.45) is 2.72. The Morgan fingerprint density at radius 1 is 1.47 bits per heavy atom. The molecule has 0 atom stereocenters. The van der Waals surface area contributed by atoms with E-state index in [-0.39, 0.29) is 0 Å². The molecule has 4 heteroatoms.